The van der Waals surface area contributed by atoms with Gasteiger partial charge in [-0.2, -0.15) is 13.2 Å². The van der Waals surface area contributed by atoms with E-state index in [0.29, 0.717) is 25.0 Å². The SMILES string of the molecule is CC(C)CNC(=NCc1ccc(OCC(F)(F)F)cc1)NCC(=O)N(C)C. The van der Waals surface area contributed by atoms with Crippen LogP contribution < -0.4 is 15.4 Å². The fourth-order valence-electron chi connectivity index (χ4n) is 1.82. The minimum absolute atomic E-state index is 0.0831. The van der Waals surface area contributed by atoms with E-state index < -0.39 is 12.8 Å². The Hall–Kier alpha value is -2.45. The fraction of sp³-hybridized carbons (Fsp3) is 0.556. The number of carbonyl (C=O) groups excluding carboxylic acids is 1. The molecule has 0 heterocycles. The van der Waals surface area contributed by atoms with E-state index in [1.165, 1.54) is 17.0 Å². The highest BCUT2D eigenvalue weighted by Crippen LogP contribution is 2.19. The Bertz CT molecular complexity index is 614. The number of benzene rings is 1. The number of hydrogen-bond acceptors (Lipinski definition) is 3. The first-order chi connectivity index (χ1) is 12.6. The Kier molecular flexibility index (Phi) is 8.90. The maximum atomic E-state index is 12.2. The van der Waals surface area contributed by atoms with Crippen LogP contribution in [-0.4, -0.2) is 56.7 Å². The zero-order valence-corrected chi connectivity index (χ0v) is 16.1. The van der Waals surface area contributed by atoms with Crippen molar-refractivity contribution in [2.24, 2.45) is 10.9 Å². The van der Waals surface area contributed by atoms with Gasteiger partial charge in [-0.15, -0.1) is 0 Å². The van der Waals surface area contributed by atoms with Crippen LogP contribution in [0.4, 0.5) is 13.2 Å². The second kappa shape index (κ2) is 10.6. The molecule has 0 spiro atoms. The van der Waals surface area contributed by atoms with Crippen molar-refractivity contribution >= 4 is 11.9 Å². The topological polar surface area (TPSA) is 66.0 Å². The van der Waals surface area contributed by atoms with Gasteiger partial charge in [0.2, 0.25) is 5.91 Å². The van der Waals surface area contributed by atoms with Crippen molar-refractivity contribution in [3.05, 3.63) is 29.8 Å². The lowest BCUT2D eigenvalue weighted by atomic mass is 10.2. The molecule has 0 unspecified atom stereocenters. The number of likely N-dealkylation sites (N-methyl/N-ethyl adjacent to an activating group) is 1. The summed E-state index contributed by atoms with van der Waals surface area (Å²) < 4.78 is 41.1. The van der Waals surface area contributed by atoms with Crippen LogP contribution in [0.1, 0.15) is 19.4 Å². The quantitative estimate of drug-likeness (QED) is 0.530. The molecule has 0 aliphatic carbocycles. The number of ether oxygens (including phenoxy) is 1. The van der Waals surface area contributed by atoms with Gasteiger partial charge in [-0.25, -0.2) is 4.99 Å². The molecule has 1 aromatic carbocycles. The Labute approximate surface area is 157 Å². The molecule has 2 N–H and O–H groups in total. The summed E-state index contributed by atoms with van der Waals surface area (Å²) in [7, 11) is 3.34. The van der Waals surface area contributed by atoms with Gasteiger partial charge in [0.05, 0.1) is 13.1 Å². The number of amides is 1. The third-order valence-electron chi connectivity index (χ3n) is 3.33. The second-order valence-corrected chi connectivity index (χ2v) is 6.63. The molecular formula is C18H27F3N4O2. The van der Waals surface area contributed by atoms with Crippen molar-refractivity contribution in [2.75, 3.05) is 33.8 Å². The summed E-state index contributed by atoms with van der Waals surface area (Å²) in [4.78, 5) is 17.6. The van der Waals surface area contributed by atoms with Crippen LogP contribution in [0.15, 0.2) is 29.3 Å². The molecule has 9 heteroatoms. The summed E-state index contributed by atoms with van der Waals surface area (Å²) in [5.41, 5.74) is 0.805. The highest BCUT2D eigenvalue weighted by Gasteiger charge is 2.28. The van der Waals surface area contributed by atoms with Gasteiger partial charge >= 0.3 is 6.18 Å². The Morgan fingerprint density at radius 1 is 1.19 bits per heavy atom. The number of alkyl halides is 3. The van der Waals surface area contributed by atoms with Gasteiger partial charge in [0.1, 0.15) is 5.75 Å². The van der Waals surface area contributed by atoms with Gasteiger partial charge in [0, 0.05) is 20.6 Å². The number of halogens is 3. The molecule has 0 saturated heterocycles. The predicted octanol–water partition coefficient (Wildman–Crippen LogP) is 2.41. The summed E-state index contributed by atoms with van der Waals surface area (Å²) in [6, 6.07) is 6.25. The normalized spacial score (nSPS) is 12.1. The zero-order valence-electron chi connectivity index (χ0n) is 16.1. The summed E-state index contributed by atoms with van der Waals surface area (Å²) in [6.45, 7) is 3.89. The molecule has 0 aliphatic heterocycles. The molecule has 0 aromatic heterocycles. The van der Waals surface area contributed by atoms with Gasteiger partial charge in [-0.3, -0.25) is 4.79 Å². The molecular weight excluding hydrogens is 361 g/mol. The van der Waals surface area contributed by atoms with Crippen LogP contribution in [0, 0.1) is 5.92 Å². The smallest absolute Gasteiger partial charge is 0.422 e. The molecule has 6 nitrogen and oxygen atoms in total. The maximum absolute atomic E-state index is 12.2. The van der Waals surface area contributed by atoms with Gasteiger partial charge < -0.3 is 20.3 Å². The number of aliphatic imine (C=N–C) groups is 1. The molecule has 0 bridgehead atoms. The second-order valence-electron chi connectivity index (χ2n) is 6.63. The van der Waals surface area contributed by atoms with Crippen molar-refractivity contribution in [1.29, 1.82) is 0 Å². The van der Waals surface area contributed by atoms with E-state index in [9.17, 15) is 18.0 Å². The van der Waals surface area contributed by atoms with Crippen molar-refractivity contribution in [3.8, 4) is 5.75 Å². The Morgan fingerprint density at radius 2 is 1.81 bits per heavy atom. The van der Waals surface area contributed by atoms with Gasteiger partial charge in [0.25, 0.3) is 0 Å². The third-order valence-corrected chi connectivity index (χ3v) is 3.33. The van der Waals surface area contributed by atoms with E-state index in [-0.39, 0.29) is 18.2 Å². The average Bonchev–Trinajstić information content (AvgIpc) is 2.59. The number of rotatable bonds is 8. The average molecular weight is 388 g/mol. The lowest BCUT2D eigenvalue weighted by molar-refractivity contribution is -0.153. The van der Waals surface area contributed by atoms with Crippen molar-refractivity contribution in [1.82, 2.24) is 15.5 Å². The molecule has 27 heavy (non-hydrogen) atoms. The minimum Gasteiger partial charge on any atom is -0.484 e. The number of guanidine groups is 1. The van der Waals surface area contributed by atoms with Crippen molar-refractivity contribution in [3.63, 3.8) is 0 Å². The van der Waals surface area contributed by atoms with Crippen LogP contribution in [-0.2, 0) is 11.3 Å². The van der Waals surface area contributed by atoms with E-state index in [1.54, 1.807) is 26.2 Å². The van der Waals surface area contributed by atoms with E-state index in [0.717, 1.165) is 5.56 Å². The maximum Gasteiger partial charge on any atom is 0.422 e. The number of hydrogen-bond donors (Lipinski definition) is 2. The zero-order chi connectivity index (χ0) is 20.4. The highest BCUT2D eigenvalue weighted by atomic mass is 19.4. The van der Waals surface area contributed by atoms with Gasteiger partial charge in [-0.05, 0) is 23.6 Å². The monoisotopic (exact) mass is 388 g/mol. The standard InChI is InChI=1S/C18H27F3N4O2/c1-13(2)9-22-17(24-11-16(26)25(3)4)23-10-14-5-7-15(8-6-14)27-12-18(19,20)21/h5-8,13H,9-12H2,1-4H3,(H2,22,23,24). The van der Waals surface area contributed by atoms with E-state index >= 15 is 0 Å². The van der Waals surface area contributed by atoms with Crippen LogP contribution in [0.5, 0.6) is 5.75 Å². The van der Waals surface area contributed by atoms with Crippen molar-refractivity contribution < 1.29 is 22.7 Å². The first-order valence-corrected chi connectivity index (χ1v) is 8.57. The van der Waals surface area contributed by atoms with Crippen LogP contribution in [0.2, 0.25) is 0 Å². The van der Waals surface area contributed by atoms with E-state index in [1.807, 2.05) is 0 Å². The number of carbonyl (C=O) groups is 1. The van der Waals surface area contributed by atoms with E-state index in [2.05, 4.69) is 34.2 Å². The highest BCUT2D eigenvalue weighted by molar-refractivity contribution is 5.86. The molecule has 1 rings (SSSR count). The van der Waals surface area contributed by atoms with Crippen molar-refractivity contribution in [2.45, 2.75) is 26.6 Å². The van der Waals surface area contributed by atoms with Crippen LogP contribution in [0.25, 0.3) is 0 Å². The molecule has 0 radical (unpaired) electrons. The first kappa shape index (κ1) is 22.6. The fourth-order valence-corrected chi connectivity index (χ4v) is 1.82. The summed E-state index contributed by atoms with van der Waals surface area (Å²) in [5, 5.41) is 6.12. The summed E-state index contributed by atoms with van der Waals surface area (Å²) >= 11 is 0. The molecule has 0 fully saturated rings. The minimum atomic E-state index is -4.37. The molecule has 1 amide bonds. The van der Waals surface area contributed by atoms with E-state index in [4.69, 9.17) is 0 Å². The Balaban J connectivity index is 2.66. The lowest BCUT2D eigenvalue weighted by Gasteiger charge is -2.16. The lowest BCUT2D eigenvalue weighted by Crippen LogP contribution is -2.44. The van der Waals surface area contributed by atoms with Gasteiger partial charge in [-0.1, -0.05) is 26.0 Å². The van der Waals surface area contributed by atoms with Crippen LogP contribution in [0.3, 0.4) is 0 Å². The third kappa shape index (κ3) is 10.3. The largest absolute Gasteiger partial charge is 0.484 e. The van der Waals surface area contributed by atoms with Crippen LogP contribution >= 0.6 is 0 Å². The molecule has 0 atom stereocenters. The summed E-state index contributed by atoms with van der Waals surface area (Å²) in [6.07, 6.45) is -4.37. The molecule has 0 saturated carbocycles. The number of nitrogens with one attached hydrogen (secondary N) is 2. The Morgan fingerprint density at radius 3 is 2.33 bits per heavy atom. The van der Waals surface area contributed by atoms with Gasteiger partial charge in [0.15, 0.2) is 12.6 Å². The molecule has 0 aliphatic rings. The first-order valence-electron chi connectivity index (χ1n) is 8.57. The molecule has 152 valence electrons. The molecule has 1 aromatic rings. The predicted molar refractivity (Wildman–Crippen MR) is 98.7 cm³/mol. The number of nitrogens with zero attached hydrogens (tertiary/aromatic N) is 2. The summed E-state index contributed by atoms with van der Waals surface area (Å²) in [5.74, 6) is 0.955.